The second-order valence-electron chi connectivity index (χ2n) is 4.19. The van der Waals surface area contributed by atoms with Crippen LogP contribution in [0.15, 0.2) is 0 Å². The molecule has 0 bridgehead atoms. The average molecular weight is 313 g/mol. The first-order valence-corrected chi connectivity index (χ1v) is 7.94. The molecule has 2 aliphatic rings. The highest BCUT2D eigenvalue weighted by molar-refractivity contribution is 9.09. The Hall–Kier alpha value is 0.310. The van der Waals surface area contributed by atoms with Gasteiger partial charge in [-0.1, -0.05) is 22.4 Å². The fourth-order valence-corrected chi connectivity index (χ4v) is 4.44. The van der Waals surface area contributed by atoms with Crippen molar-refractivity contribution < 1.29 is 13.2 Å². The molecule has 1 N–H and O–H groups in total. The van der Waals surface area contributed by atoms with Crippen molar-refractivity contribution in [2.24, 2.45) is 0 Å². The normalized spacial score (nSPS) is 33.1. The number of hydrogen-bond donors (Lipinski definition) is 1. The van der Waals surface area contributed by atoms with Crippen LogP contribution in [-0.4, -0.2) is 49.9 Å². The van der Waals surface area contributed by atoms with Crippen molar-refractivity contribution >= 4 is 26.1 Å². The molecule has 94 valence electrons. The lowest BCUT2D eigenvalue weighted by Crippen LogP contribution is -2.50. The number of ether oxygens (including phenoxy) is 1. The summed E-state index contributed by atoms with van der Waals surface area (Å²) in [5.74, 6) is 0. The molecule has 16 heavy (non-hydrogen) atoms. The van der Waals surface area contributed by atoms with Gasteiger partial charge in [0, 0.05) is 24.0 Å². The van der Waals surface area contributed by atoms with Gasteiger partial charge in [0.1, 0.15) is 0 Å². The predicted octanol–water partition coefficient (Wildman–Crippen LogP) is 0.469. The first kappa shape index (κ1) is 12.8. The number of hydrogen-bond acceptors (Lipinski definition) is 3. The molecule has 1 saturated heterocycles. The maximum absolute atomic E-state index is 12.0. The molecule has 0 radical (unpaired) electrons. The zero-order valence-electron chi connectivity index (χ0n) is 9.06. The molecular formula is C9H17BrN2O3S. The summed E-state index contributed by atoms with van der Waals surface area (Å²) in [6, 6.07) is 0.0350. The van der Waals surface area contributed by atoms with E-state index in [0.717, 1.165) is 19.3 Å². The Labute approximate surface area is 105 Å². The van der Waals surface area contributed by atoms with Crippen LogP contribution >= 0.6 is 15.9 Å². The lowest BCUT2D eigenvalue weighted by molar-refractivity contribution is 0.0723. The molecule has 2 fully saturated rings. The minimum Gasteiger partial charge on any atom is -0.379 e. The molecule has 2 unspecified atom stereocenters. The van der Waals surface area contributed by atoms with Crippen LogP contribution in [0.4, 0.5) is 0 Å². The Kier molecular flexibility index (Phi) is 4.23. The SMILES string of the molecule is O=S(=O)(NC1CCCC1Br)N1CCOCC1. The Morgan fingerprint density at radius 3 is 2.50 bits per heavy atom. The van der Waals surface area contributed by atoms with E-state index < -0.39 is 10.2 Å². The van der Waals surface area contributed by atoms with Gasteiger partial charge < -0.3 is 4.74 Å². The zero-order chi connectivity index (χ0) is 11.6. The number of rotatable bonds is 3. The predicted molar refractivity (Wildman–Crippen MR) is 64.8 cm³/mol. The molecule has 0 spiro atoms. The third kappa shape index (κ3) is 2.95. The molecule has 1 heterocycles. The van der Waals surface area contributed by atoms with Gasteiger partial charge in [0.15, 0.2) is 0 Å². The van der Waals surface area contributed by atoms with Crippen LogP contribution in [0.1, 0.15) is 19.3 Å². The van der Waals surface area contributed by atoms with Crippen LogP contribution in [0.5, 0.6) is 0 Å². The van der Waals surface area contributed by atoms with Gasteiger partial charge in [-0.2, -0.15) is 17.4 Å². The third-order valence-corrected chi connectivity index (χ3v) is 5.78. The molecule has 0 aromatic heterocycles. The molecule has 2 atom stereocenters. The van der Waals surface area contributed by atoms with Crippen LogP contribution in [0, 0.1) is 0 Å². The van der Waals surface area contributed by atoms with Crippen LogP contribution < -0.4 is 4.72 Å². The van der Waals surface area contributed by atoms with Crippen molar-refractivity contribution in [2.75, 3.05) is 26.3 Å². The van der Waals surface area contributed by atoms with E-state index in [1.165, 1.54) is 4.31 Å². The Morgan fingerprint density at radius 2 is 1.94 bits per heavy atom. The second kappa shape index (κ2) is 5.30. The van der Waals surface area contributed by atoms with Gasteiger partial charge in [-0.05, 0) is 12.8 Å². The average Bonchev–Trinajstić information content (AvgIpc) is 2.65. The maximum Gasteiger partial charge on any atom is 0.279 e. The minimum atomic E-state index is -3.33. The fraction of sp³-hybridized carbons (Fsp3) is 1.00. The van der Waals surface area contributed by atoms with E-state index in [9.17, 15) is 8.42 Å². The lowest BCUT2D eigenvalue weighted by atomic mass is 10.3. The molecule has 1 saturated carbocycles. The molecular weight excluding hydrogens is 296 g/mol. The Morgan fingerprint density at radius 1 is 1.25 bits per heavy atom. The standard InChI is InChI=1S/C9H17BrN2O3S/c10-8-2-1-3-9(8)11-16(13,14)12-4-6-15-7-5-12/h8-9,11H,1-7H2. The van der Waals surface area contributed by atoms with Gasteiger partial charge in [0.05, 0.1) is 13.2 Å². The Balaban J connectivity index is 1.96. The molecule has 7 heteroatoms. The summed E-state index contributed by atoms with van der Waals surface area (Å²) < 4.78 is 33.4. The van der Waals surface area contributed by atoms with E-state index in [2.05, 4.69) is 20.7 Å². The number of morpholine rings is 1. The summed E-state index contributed by atoms with van der Waals surface area (Å²) >= 11 is 3.51. The topological polar surface area (TPSA) is 58.6 Å². The highest BCUT2D eigenvalue weighted by atomic mass is 79.9. The van der Waals surface area contributed by atoms with E-state index in [0.29, 0.717) is 26.3 Å². The molecule has 0 amide bonds. The van der Waals surface area contributed by atoms with Crippen molar-refractivity contribution in [2.45, 2.75) is 30.1 Å². The monoisotopic (exact) mass is 312 g/mol. The molecule has 0 aromatic rings. The largest absolute Gasteiger partial charge is 0.379 e. The summed E-state index contributed by atoms with van der Waals surface area (Å²) in [7, 11) is -3.33. The van der Waals surface area contributed by atoms with Crippen LogP contribution in [0.25, 0.3) is 0 Å². The minimum absolute atomic E-state index is 0.0350. The first-order valence-electron chi connectivity index (χ1n) is 5.59. The van der Waals surface area contributed by atoms with Gasteiger partial charge >= 0.3 is 0 Å². The van der Waals surface area contributed by atoms with E-state index in [1.54, 1.807) is 0 Å². The summed E-state index contributed by atoms with van der Waals surface area (Å²) in [6.45, 7) is 1.89. The zero-order valence-corrected chi connectivity index (χ0v) is 11.5. The van der Waals surface area contributed by atoms with Gasteiger partial charge in [0.2, 0.25) is 0 Å². The number of nitrogens with one attached hydrogen (secondary N) is 1. The van der Waals surface area contributed by atoms with Crippen LogP contribution in [-0.2, 0) is 14.9 Å². The highest BCUT2D eigenvalue weighted by Crippen LogP contribution is 2.26. The highest BCUT2D eigenvalue weighted by Gasteiger charge is 2.32. The summed E-state index contributed by atoms with van der Waals surface area (Å²) in [5, 5.41) is 0. The van der Waals surface area contributed by atoms with Crippen molar-refractivity contribution in [3.05, 3.63) is 0 Å². The van der Waals surface area contributed by atoms with E-state index in [1.807, 2.05) is 0 Å². The summed E-state index contributed by atoms with van der Waals surface area (Å²) in [6.07, 6.45) is 3.03. The second-order valence-corrected chi connectivity index (χ2v) is 7.07. The third-order valence-electron chi connectivity index (χ3n) is 3.04. The molecule has 2 rings (SSSR count). The van der Waals surface area contributed by atoms with E-state index >= 15 is 0 Å². The van der Waals surface area contributed by atoms with Gasteiger partial charge in [-0.15, -0.1) is 0 Å². The summed E-state index contributed by atoms with van der Waals surface area (Å²) in [4.78, 5) is 0.267. The smallest absolute Gasteiger partial charge is 0.279 e. The van der Waals surface area contributed by atoms with Crippen LogP contribution in [0.3, 0.4) is 0 Å². The molecule has 0 aromatic carbocycles. The molecule has 5 nitrogen and oxygen atoms in total. The number of nitrogens with zero attached hydrogens (tertiary/aromatic N) is 1. The van der Waals surface area contributed by atoms with Crippen molar-refractivity contribution in [1.82, 2.24) is 9.03 Å². The molecule has 1 aliphatic carbocycles. The quantitative estimate of drug-likeness (QED) is 0.771. The fourth-order valence-electron chi connectivity index (χ4n) is 2.10. The van der Waals surface area contributed by atoms with Crippen LogP contribution in [0.2, 0.25) is 0 Å². The van der Waals surface area contributed by atoms with Gasteiger partial charge in [-0.25, -0.2) is 0 Å². The summed E-state index contributed by atoms with van der Waals surface area (Å²) in [5.41, 5.74) is 0. The maximum atomic E-state index is 12.0. The van der Waals surface area contributed by atoms with Crippen molar-refractivity contribution in [1.29, 1.82) is 0 Å². The Bertz CT molecular complexity index is 330. The van der Waals surface area contributed by atoms with E-state index in [4.69, 9.17) is 4.74 Å². The van der Waals surface area contributed by atoms with E-state index in [-0.39, 0.29) is 10.9 Å². The first-order chi connectivity index (χ1) is 7.59. The van der Waals surface area contributed by atoms with Crippen molar-refractivity contribution in [3.8, 4) is 0 Å². The lowest BCUT2D eigenvalue weighted by Gasteiger charge is -2.28. The van der Waals surface area contributed by atoms with Gasteiger partial charge in [0.25, 0.3) is 10.2 Å². The molecule has 1 aliphatic heterocycles. The number of alkyl halides is 1. The number of halogens is 1. The van der Waals surface area contributed by atoms with Gasteiger partial charge in [-0.3, -0.25) is 0 Å². The van der Waals surface area contributed by atoms with Crippen molar-refractivity contribution in [3.63, 3.8) is 0 Å².